The van der Waals surface area contributed by atoms with E-state index < -0.39 is 14.9 Å². The fourth-order valence-electron chi connectivity index (χ4n) is 0.179. The van der Waals surface area contributed by atoms with Gasteiger partial charge in [0, 0.05) is 6.54 Å². The molecule has 0 bridgehead atoms. The molecule has 0 aromatic heterocycles. The lowest BCUT2D eigenvalue weighted by Crippen LogP contribution is -2.18. The second-order valence-corrected chi connectivity index (χ2v) is 1.61. The molecule has 0 saturated heterocycles. The lowest BCUT2D eigenvalue weighted by molar-refractivity contribution is 0.215. The molecule has 0 aromatic carbocycles. The van der Waals surface area contributed by atoms with Crippen molar-refractivity contribution in [2.24, 2.45) is 5.73 Å². The molecular formula is C3H7FNO2P. The van der Waals surface area contributed by atoms with Gasteiger partial charge in [0.15, 0.2) is 0 Å². The van der Waals surface area contributed by atoms with Crippen molar-refractivity contribution in [3.05, 3.63) is 0 Å². The number of halogens is 1. The van der Waals surface area contributed by atoms with Crippen molar-refractivity contribution in [3.8, 4) is 0 Å². The van der Waals surface area contributed by atoms with Crippen LogP contribution in [0.5, 0.6) is 0 Å². The molecule has 0 aromatic rings. The lowest BCUT2D eigenvalue weighted by atomic mass is 10.4. The van der Waals surface area contributed by atoms with E-state index in [1.54, 1.807) is 0 Å². The third-order valence-electron chi connectivity index (χ3n) is 0.564. The molecule has 5 heteroatoms. The van der Waals surface area contributed by atoms with Crippen molar-refractivity contribution in [2.45, 2.75) is 6.17 Å². The monoisotopic (exact) mass is 139 g/mol. The number of alkyl halides is 1. The van der Waals surface area contributed by atoms with Crippen LogP contribution in [0, 0.1) is 0 Å². The van der Waals surface area contributed by atoms with Crippen molar-refractivity contribution in [1.82, 2.24) is 0 Å². The zero-order valence-corrected chi connectivity index (χ0v) is 5.11. The van der Waals surface area contributed by atoms with Crippen LogP contribution in [0.15, 0.2) is 0 Å². The normalized spacial score (nSPS) is 14.2. The highest BCUT2D eigenvalue weighted by Gasteiger charge is 2.01. The molecule has 8 heavy (non-hydrogen) atoms. The minimum atomic E-state index is -1.20. The molecule has 0 radical (unpaired) electrons. The van der Waals surface area contributed by atoms with Gasteiger partial charge in [-0.15, -0.1) is 0 Å². The van der Waals surface area contributed by atoms with E-state index in [9.17, 15) is 8.96 Å². The standard InChI is InChI=1S/C3H7FNO2P/c4-3(1-5)2-7-8-6/h3H,1-2,5H2/t3-/m0/s1. The minimum absolute atomic E-state index is 0.0878. The van der Waals surface area contributed by atoms with E-state index in [4.69, 9.17) is 5.73 Å². The molecule has 0 aliphatic heterocycles. The second kappa shape index (κ2) is 5.09. The van der Waals surface area contributed by atoms with Gasteiger partial charge in [0.2, 0.25) is 0 Å². The van der Waals surface area contributed by atoms with E-state index in [1.807, 2.05) is 0 Å². The molecule has 0 fully saturated rings. The van der Waals surface area contributed by atoms with Crippen molar-refractivity contribution in [1.29, 1.82) is 0 Å². The molecule has 48 valence electrons. The van der Waals surface area contributed by atoms with Gasteiger partial charge >= 0.3 is 8.69 Å². The van der Waals surface area contributed by atoms with E-state index in [0.29, 0.717) is 0 Å². The second-order valence-electron chi connectivity index (χ2n) is 1.20. The molecule has 0 unspecified atom stereocenters. The van der Waals surface area contributed by atoms with E-state index in [1.165, 1.54) is 0 Å². The van der Waals surface area contributed by atoms with Gasteiger partial charge in [-0.05, 0) is 0 Å². The summed E-state index contributed by atoms with van der Waals surface area (Å²) in [4.78, 5) is 0. The molecule has 0 saturated carbocycles. The predicted octanol–water partition coefficient (Wildman–Crippen LogP) is 0.506. The van der Waals surface area contributed by atoms with E-state index in [0.717, 1.165) is 0 Å². The highest BCUT2D eigenvalue weighted by atomic mass is 31.1. The summed E-state index contributed by atoms with van der Waals surface area (Å²) in [6.45, 7) is -0.281. The fraction of sp³-hybridized carbons (Fsp3) is 1.00. The van der Waals surface area contributed by atoms with Gasteiger partial charge in [-0.2, -0.15) is 0 Å². The summed E-state index contributed by atoms with van der Waals surface area (Å²) in [5.41, 5.74) is 4.85. The Morgan fingerprint density at radius 1 is 1.88 bits per heavy atom. The Balaban J connectivity index is 2.97. The van der Waals surface area contributed by atoms with Gasteiger partial charge in [-0.1, -0.05) is 0 Å². The molecule has 3 nitrogen and oxygen atoms in total. The average Bonchev–Trinajstić information content (AvgIpc) is 1.83. The number of hydrogen-bond acceptors (Lipinski definition) is 3. The van der Waals surface area contributed by atoms with Crippen LogP contribution in [0.3, 0.4) is 0 Å². The SMILES string of the molecule is NC[C@H](F)COP=O. The van der Waals surface area contributed by atoms with Crippen LogP contribution in [-0.2, 0) is 9.09 Å². The Kier molecular flexibility index (Phi) is 5.06. The molecule has 0 heterocycles. The van der Waals surface area contributed by atoms with Gasteiger partial charge in [-0.25, -0.2) is 8.96 Å². The van der Waals surface area contributed by atoms with Crippen LogP contribution in [-0.4, -0.2) is 19.3 Å². The van der Waals surface area contributed by atoms with E-state index in [2.05, 4.69) is 4.52 Å². The highest BCUT2D eigenvalue weighted by molar-refractivity contribution is 7.17. The Labute approximate surface area is 48.3 Å². The maximum atomic E-state index is 11.9. The summed E-state index contributed by atoms with van der Waals surface area (Å²) < 4.78 is 25.6. The van der Waals surface area contributed by atoms with Crippen LogP contribution >= 0.6 is 8.69 Å². The zero-order chi connectivity index (χ0) is 6.41. The Hall–Kier alpha value is -0.0500. The summed E-state index contributed by atoms with van der Waals surface area (Å²) in [5.74, 6) is 0. The van der Waals surface area contributed by atoms with Gasteiger partial charge in [0.05, 0.1) is 6.61 Å². The maximum absolute atomic E-state index is 11.9. The predicted molar refractivity (Wildman–Crippen MR) is 27.5 cm³/mol. The molecular weight excluding hydrogens is 132 g/mol. The molecule has 0 amide bonds. The summed E-state index contributed by atoms with van der Waals surface area (Å²) in [5, 5.41) is 0. The Morgan fingerprint density at radius 3 is 2.88 bits per heavy atom. The lowest BCUT2D eigenvalue weighted by Gasteiger charge is -1.97. The zero-order valence-electron chi connectivity index (χ0n) is 4.21. The number of rotatable bonds is 4. The minimum Gasteiger partial charge on any atom is -0.328 e. The first-order valence-electron chi connectivity index (χ1n) is 2.10. The number of hydrogen-bond donors (Lipinski definition) is 1. The first-order valence-corrected chi connectivity index (χ1v) is 2.83. The third-order valence-corrected chi connectivity index (χ3v) is 0.818. The Bertz CT molecular complexity index is 72.3. The van der Waals surface area contributed by atoms with Gasteiger partial charge in [0.1, 0.15) is 6.17 Å². The van der Waals surface area contributed by atoms with E-state index >= 15 is 0 Å². The van der Waals surface area contributed by atoms with Crippen LogP contribution in [0.4, 0.5) is 4.39 Å². The summed E-state index contributed by atoms with van der Waals surface area (Å²) in [6, 6.07) is 0. The molecule has 0 spiro atoms. The van der Waals surface area contributed by atoms with Crippen LogP contribution in [0.25, 0.3) is 0 Å². The van der Waals surface area contributed by atoms with Gasteiger partial charge in [0.25, 0.3) is 0 Å². The third kappa shape index (κ3) is 4.12. The summed E-state index contributed by atoms with van der Waals surface area (Å²) in [6.07, 6.45) is -1.20. The topological polar surface area (TPSA) is 52.3 Å². The molecule has 0 aliphatic rings. The van der Waals surface area contributed by atoms with Gasteiger partial charge in [-0.3, -0.25) is 4.52 Å². The molecule has 0 rings (SSSR count). The summed E-state index contributed by atoms with van der Waals surface area (Å²) in [7, 11) is -0.496. The maximum Gasteiger partial charge on any atom is 0.327 e. The fourth-order valence-corrected chi connectivity index (χ4v) is 0.402. The van der Waals surface area contributed by atoms with Crippen molar-refractivity contribution >= 4 is 8.69 Å². The van der Waals surface area contributed by atoms with Crippen LogP contribution in [0.1, 0.15) is 0 Å². The largest absolute Gasteiger partial charge is 0.328 e. The van der Waals surface area contributed by atoms with Crippen molar-refractivity contribution in [2.75, 3.05) is 13.2 Å². The molecule has 1 atom stereocenters. The quantitative estimate of drug-likeness (QED) is 0.577. The van der Waals surface area contributed by atoms with Crippen LogP contribution < -0.4 is 5.73 Å². The van der Waals surface area contributed by atoms with Crippen LogP contribution in [0.2, 0.25) is 0 Å². The smallest absolute Gasteiger partial charge is 0.327 e. The van der Waals surface area contributed by atoms with Crippen molar-refractivity contribution < 1.29 is 13.5 Å². The van der Waals surface area contributed by atoms with Crippen molar-refractivity contribution in [3.63, 3.8) is 0 Å². The highest BCUT2D eigenvalue weighted by Crippen LogP contribution is 1.97. The number of nitrogens with two attached hydrogens (primary N) is 1. The first kappa shape index (κ1) is 7.95. The molecule has 0 aliphatic carbocycles. The first-order chi connectivity index (χ1) is 3.81. The average molecular weight is 139 g/mol. The van der Waals surface area contributed by atoms with E-state index in [-0.39, 0.29) is 13.2 Å². The Morgan fingerprint density at radius 2 is 2.50 bits per heavy atom. The summed E-state index contributed by atoms with van der Waals surface area (Å²) >= 11 is 0. The molecule has 2 N–H and O–H groups in total. The van der Waals surface area contributed by atoms with Gasteiger partial charge < -0.3 is 5.73 Å².